The predicted octanol–water partition coefficient (Wildman–Crippen LogP) is 5.23. The largest absolute Gasteiger partial charge is 0.495 e. The molecule has 0 radical (unpaired) electrons. The van der Waals surface area contributed by atoms with Crippen molar-refractivity contribution in [3.8, 4) is 5.75 Å². The number of piperazine rings is 1. The number of fused-ring (bicyclic) bond motifs is 1. The normalized spacial score (nSPS) is 15.5. The number of hydrogen-bond acceptors (Lipinski definition) is 4. The molecule has 1 N–H and O–H groups in total. The van der Waals surface area contributed by atoms with E-state index in [-0.39, 0.29) is 11.8 Å². The van der Waals surface area contributed by atoms with Gasteiger partial charge in [0.1, 0.15) is 5.75 Å². The Morgan fingerprint density at radius 2 is 1.55 bits per heavy atom. The minimum atomic E-state index is -0.316. The van der Waals surface area contributed by atoms with Crippen molar-refractivity contribution in [1.29, 1.82) is 0 Å². The van der Waals surface area contributed by atoms with Gasteiger partial charge in [0.05, 0.1) is 18.8 Å². The number of hydrogen-bond donors (Lipinski definition) is 1. The van der Waals surface area contributed by atoms with E-state index in [0.29, 0.717) is 0 Å². The van der Waals surface area contributed by atoms with Crippen molar-refractivity contribution in [1.82, 2.24) is 9.88 Å². The molecule has 33 heavy (non-hydrogen) atoms. The fourth-order valence-electron chi connectivity index (χ4n) is 5.01. The summed E-state index contributed by atoms with van der Waals surface area (Å²) in [5, 5.41) is 0.994. The summed E-state index contributed by atoms with van der Waals surface area (Å²) in [5.74, 6) is 1.04. The van der Waals surface area contributed by atoms with E-state index >= 15 is 0 Å². The van der Waals surface area contributed by atoms with Gasteiger partial charge in [-0.1, -0.05) is 60.7 Å². The first-order valence-electron chi connectivity index (χ1n) is 11.5. The summed E-state index contributed by atoms with van der Waals surface area (Å²) in [5.41, 5.74) is 4.88. The van der Waals surface area contributed by atoms with E-state index in [0.717, 1.165) is 65.3 Å². The molecule has 0 unspecified atom stereocenters. The van der Waals surface area contributed by atoms with Gasteiger partial charge in [-0.3, -0.25) is 9.69 Å². The van der Waals surface area contributed by atoms with Crippen LogP contribution in [-0.2, 0) is 0 Å². The standard InChI is InChI=1S/C28H29N3O2/c1-20-26(22-12-6-7-13-23(22)29-20)28(32)27(21-10-4-3-5-11-21)31-18-16-30(17-19-31)24-14-8-9-15-25(24)33-2/h3-15,27,29H,16-19H2,1-2H3/t27-/m0/s1. The van der Waals surface area contributed by atoms with Crippen LogP contribution in [0.5, 0.6) is 5.75 Å². The minimum absolute atomic E-state index is 0.155. The van der Waals surface area contributed by atoms with Crippen LogP contribution in [0.3, 0.4) is 0 Å². The SMILES string of the molecule is COc1ccccc1N1CCN([C@H](C(=O)c2c(C)[nH]c3ccccc23)c2ccccc2)CC1. The van der Waals surface area contributed by atoms with Gasteiger partial charge in [0.15, 0.2) is 5.78 Å². The third-order valence-corrected chi connectivity index (χ3v) is 6.61. The van der Waals surface area contributed by atoms with Crippen molar-refractivity contribution in [2.24, 2.45) is 0 Å². The number of methoxy groups -OCH3 is 1. The number of aromatic nitrogens is 1. The molecule has 0 spiro atoms. The van der Waals surface area contributed by atoms with E-state index in [4.69, 9.17) is 4.74 Å². The number of H-pyrrole nitrogens is 1. The monoisotopic (exact) mass is 439 g/mol. The van der Waals surface area contributed by atoms with Crippen LogP contribution < -0.4 is 9.64 Å². The number of nitrogens with zero attached hydrogens (tertiary/aromatic N) is 2. The maximum atomic E-state index is 14.1. The fraction of sp³-hybridized carbons (Fsp3) is 0.250. The zero-order valence-electron chi connectivity index (χ0n) is 19.1. The molecule has 5 rings (SSSR count). The third kappa shape index (κ3) is 4.00. The number of carbonyl (C=O) groups is 1. The van der Waals surface area contributed by atoms with Crippen LogP contribution in [-0.4, -0.2) is 49.0 Å². The van der Waals surface area contributed by atoms with E-state index in [1.165, 1.54) is 0 Å². The average Bonchev–Trinajstić information content (AvgIpc) is 3.21. The molecule has 5 nitrogen and oxygen atoms in total. The molecule has 1 aromatic heterocycles. The van der Waals surface area contributed by atoms with Crippen molar-refractivity contribution in [3.05, 3.63) is 95.7 Å². The molecule has 0 amide bonds. The Bertz CT molecular complexity index is 1260. The van der Waals surface area contributed by atoms with Gasteiger partial charge in [0.2, 0.25) is 0 Å². The molecule has 0 saturated carbocycles. The number of Topliss-reactive ketones (excluding diaryl/α,β-unsaturated/α-hetero) is 1. The van der Waals surface area contributed by atoms with Crippen LogP contribution in [0.1, 0.15) is 27.7 Å². The topological polar surface area (TPSA) is 48.6 Å². The molecule has 2 heterocycles. The molecule has 1 fully saturated rings. The number of anilines is 1. The number of aromatic amines is 1. The fourth-order valence-corrected chi connectivity index (χ4v) is 5.01. The van der Waals surface area contributed by atoms with Crippen LogP contribution in [0.2, 0.25) is 0 Å². The number of nitrogens with one attached hydrogen (secondary N) is 1. The highest BCUT2D eigenvalue weighted by molar-refractivity contribution is 6.11. The summed E-state index contributed by atoms with van der Waals surface area (Å²) in [6, 6.07) is 26.0. The second-order valence-corrected chi connectivity index (χ2v) is 8.54. The lowest BCUT2D eigenvalue weighted by atomic mass is 9.93. The summed E-state index contributed by atoms with van der Waals surface area (Å²) in [7, 11) is 1.71. The molecular formula is C28H29N3O2. The summed E-state index contributed by atoms with van der Waals surface area (Å²) in [6.07, 6.45) is 0. The van der Waals surface area contributed by atoms with Gasteiger partial charge < -0.3 is 14.6 Å². The number of ketones is 1. The Hall–Kier alpha value is -3.57. The number of aryl methyl sites for hydroxylation is 1. The molecule has 168 valence electrons. The Labute approximate surface area is 194 Å². The number of carbonyl (C=O) groups excluding carboxylic acids is 1. The molecule has 3 aromatic carbocycles. The highest BCUT2D eigenvalue weighted by Crippen LogP contribution is 2.33. The van der Waals surface area contributed by atoms with Gasteiger partial charge >= 0.3 is 0 Å². The van der Waals surface area contributed by atoms with E-state index in [9.17, 15) is 4.79 Å². The number of rotatable bonds is 6. The summed E-state index contributed by atoms with van der Waals surface area (Å²) in [4.78, 5) is 22.2. The Kier molecular flexibility index (Phi) is 5.88. The maximum Gasteiger partial charge on any atom is 0.186 e. The molecule has 5 heteroatoms. The van der Waals surface area contributed by atoms with Crippen molar-refractivity contribution in [2.45, 2.75) is 13.0 Å². The number of benzene rings is 3. The van der Waals surface area contributed by atoms with E-state index in [2.05, 4.69) is 33.0 Å². The lowest BCUT2D eigenvalue weighted by molar-refractivity contribution is 0.0807. The lowest BCUT2D eigenvalue weighted by Crippen LogP contribution is -2.49. The van der Waals surface area contributed by atoms with Crippen molar-refractivity contribution in [3.63, 3.8) is 0 Å². The van der Waals surface area contributed by atoms with E-state index in [1.807, 2.05) is 67.6 Å². The zero-order valence-corrected chi connectivity index (χ0v) is 19.1. The molecule has 1 saturated heterocycles. The van der Waals surface area contributed by atoms with Crippen LogP contribution in [0.25, 0.3) is 10.9 Å². The second-order valence-electron chi connectivity index (χ2n) is 8.54. The average molecular weight is 440 g/mol. The van der Waals surface area contributed by atoms with Gasteiger partial charge in [-0.25, -0.2) is 0 Å². The molecular weight excluding hydrogens is 410 g/mol. The van der Waals surface area contributed by atoms with Gasteiger partial charge in [0.25, 0.3) is 0 Å². The lowest BCUT2D eigenvalue weighted by Gasteiger charge is -2.40. The highest BCUT2D eigenvalue weighted by Gasteiger charge is 2.33. The van der Waals surface area contributed by atoms with Crippen LogP contribution in [0.4, 0.5) is 5.69 Å². The van der Waals surface area contributed by atoms with Crippen LogP contribution >= 0.6 is 0 Å². The maximum absolute atomic E-state index is 14.1. The third-order valence-electron chi connectivity index (χ3n) is 6.61. The number of ether oxygens (including phenoxy) is 1. The molecule has 1 aliphatic rings. The van der Waals surface area contributed by atoms with Crippen molar-refractivity contribution in [2.75, 3.05) is 38.2 Å². The first-order valence-corrected chi connectivity index (χ1v) is 11.5. The van der Waals surface area contributed by atoms with Crippen LogP contribution in [0, 0.1) is 6.92 Å². The van der Waals surface area contributed by atoms with Gasteiger partial charge in [-0.2, -0.15) is 0 Å². The summed E-state index contributed by atoms with van der Waals surface area (Å²) >= 11 is 0. The molecule has 1 atom stereocenters. The van der Waals surface area contributed by atoms with Gasteiger partial charge in [-0.15, -0.1) is 0 Å². The van der Waals surface area contributed by atoms with Crippen LogP contribution in [0.15, 0.2) is 78.9 Å². The van der Waals surface area contributed by atoms with Gasteiger partial charge in [0, 0.05) is 48.3 Å². The Morgan fingerprint density at radius 3 is 2.30 bits per heavy atom. The summed E-state index contributed by atoms with van der Waals surface area (Å²) in [6.45, 7) is 5.26. The zero-order chi connectivity index (χ0) is 22.8. The highest BCUT2D eigenvalue weighted by atomic mass is 16.5. The molecule has 0 aliphatic carbocycles. The van der Waals surface area contributed by atoms with Gasteiger partial charge in [-0.05, 0) is 30.7 Å². The molecule has 0 bridgehead atoms. The molecule has 1 aliphatic heterocycles. The van der Waals surface area contributed by atoms with E-state index in [1.54, 1.807) is 7.11 Å². The summed E-state index contributed by atoms with van der Waals surface area (Å²) < 4.78 is 5.57. The second kappa shape index (κ2) is 9.12. The number of para-hydroxylation sites is 3. The predicted molar refractivity (Wildman–Crippen MR) is 133 cm³/mol. The Balaban J connectivity index is 1.46. The first-order chi connectivity index (χ1) is 16.2. The molecule has 4 aromatic rings. The van der Waals surface area contributed by atoms with E-state index < -0.39 is 0 Å². The first kappa shape index (κ1) is 21.3. The Morgan fingerprint density at radius 1 is 0.879 bits per heavy atom. The smallest absolute Gasteiger partial charge is 0.186 e. The minimum Gasteiger partial charge on any atom is -0.495 e. The quantitative estimate of drug-likeness (QED) is 0.418. The van der Waals surface area contributed by atoms with Crippen molar-refractivity contribution >= 4 is 22.4 Å². The van der Waals surface area contributed by atoms with Crippen molar-refractivity contribution < 1.29 is 9.53 Å².